The predicted octanol–water partition coefficient (Wildman–Crippen LogP) is 0.940. The van der Waals surface area contributed by atoms with Crippen molar-refractivity contribution >= 4 is 22.9 Å². The van der Waals surface area contributed by atoms with Gasteiger partial charge in [0.05, 0.1) is 7.11 Å². The molecule has 2 amide bonds. The Hall–Kier alpha value is -2.54. The van der Waals surface area contributed by atoms with E-state index in [1.165, 1.54) is 12.6 Å². The van der Waals surface area contributed by atoms with Crippen LogP contribution in [0.5, 0.6) is 0 Å². The van der Waals surface area contributed by atoms with Crippen molar-refractivity contribution in [3.8, 4) is 0 Å². The zero-order chi connectivity index (χ0) is 14.5. The highest BCUT2D eigenvalue weighted by Crippen LogP contribution is 2.19. The van der Waals surface area contributed by atoms with Crippen LogP contribution < -0.4 is 10.8 Å². The lowest BCUT2D eigenvalue weighted by atomic mass is 10.1. The highest BCUT2D eigenvalue weighted by Gasteiger charge is 2.23. The largest absolute Gasteiger partial charge is 0.467 e. The van der Waals surface area contributed by atoms with Crippen molar-refractivity contribution in [2.75, 3.05) is 7.11 Å². The van der Waals surface area contributed by atoms with E-state index in [0.29, 0.717) is 0 Å². The van der Waals surface area contributed by atoms with Crippen LogP contribution in [0.4, 0.5) is 4.79 Å². The summed E-state index contributed by atoms with van der Waals surface area (Å²) in [7, 11) is 1.24. The number of amides is 2. The second-order valence-electron chi connectivity index (χ2n) is 4.22. The molecule has 0 fully saturated rings. The van der Waals surface area contributed by atoms with E-state index in [4.69, 9.17) is 5.21 Å². The number of rotatable bonds is 4. The predicted molar refractivity (Wildman–Crippen MR) is 71.3 cm³/mol. The number of carbonyl (C=O) groups is 2. The number of para-hydroxylation sites is 1. The van der Waals surface area contributed by atoms with E-state index in [9.17, 15) is 9.59 Å². The average Bonchev–Trinajstić information content (AvgIpc) is 2.89. The molecule has 0 unspecified atom stereocenters. The number of aromatic nitrogens is 1. The Labute approximate surface area is 114 Å². The Kier molecular flexibility index (Phi) is 4.21. The summed E-state index contributed by atoms with van der Waals surface area (Å²) in [4.78, 5) is 25.9. The van der Waals surface area contributed by atoms with Crippen molar-refractivity contribution in [3.05, 3.63) is 36.0 Å². The molecule has 0 spiro atoms. The fraction of sp³-hybridized carbons (Fsp3) is 0.231. The fourth-order valence-electron chi connectivity index (χ4n) is 2.05. The second-order valence-corrected chi connectivity index (χ2v) is 4.22. The first-order valence-corrected chi connectivity index (χ1v) is 5.99. The van der Waals surface area contributed by atoms with Crippen LogP contribution in [0.25, 0.3) is 10.9 Å². The molecule has 1 atom stereocenters. The van der Waals surface area contributed by atoms with E-state index in [1.807, 2.05) is 24.3 Å². The number of ether oxygens (including phenoxy) is 1. The molecule has 7 heteroatoms. The monoisotopic (exact) mass is 277 g/mol. The summed E-state index contributed by atoms with van der Waals surface area (Å²) in [6, 6.07) is 5.88. The van der Waals surface area contributed by atoms with Crippen LogP contribution in [0.15, 0.2) is 30.5 Å². The minimum atomic E-state index is -0.883. The number of H-pyrrole nitrogens is 1. The maximum Gasteiger partial charge on any atom is 0.339 e. The van der Waals surface area contributed by atoms with Crippen LogP contribution in [0.3, 0.4) is 0 Å². The number of hydroxylamine groups is 1. The molecule has 4 N–H and O–H groups in total. The number of fused-ring (bicyclic) bond motifs is 1. The minimum Gasteiger partial charge on any atom is -0.467 e. The molecule has 0 saturated heterocycles. The maximum atomic E-state index is 11.7. The molecule has 0 aliphatic rings. The van der Waals surface area contributed by atoms with Crippen LogP contribution in [0.2, 0.25) is 0 Å². The number of nitrogens with one attached hydrogen (secondary N) is 3. The first-order valence-electron chi connectivity index (χ1n) is 5.99. The molecule has 0 radical (unpaired) electrons. The van der Waals surface area contributed by atoms with Gasteiger partial charge in [-0.3, -0.25) is 5.21 Å². The molecule has 2 rings (SSSR count). The number of aromatic amines is 1. The van der Waals surface area contributed by atoms with Crippen molar-refractivity contribution in [2.45, 2.75) is 12.5 Å². The van der Waals surface area contributed by atoms with Crippen molar-refractivity contribution < 1.29 is 19.5 Å². The van der Waals surface area contributed by atoms with Gasteiger partial charge in [-0.1, -0.05) is 18.2 Å². The van der Waals surface area contributed by atoms with Crippen LogP contribution >= 0.6 is 0 Å². The van der Waals surface area contributed by atoms with Crippen molar-refractivity contribution in [1.29, 1.82) is 0 Å². The Morgan fingerprint density at radius 1 is 1.40 bits per heavy atom. The maximum absolute atomic E-state index is 11.7. The average molecular weight is 277 g/mol. The van der Waals surface area contributed by atoms with Gasteiger partial charge in [0, 0.05) is 23.5 Å². The molecular weight excluding hydrogens is 262 g/mol. The van der Waals surface area contributed by atoms with Crippen molar-refractivity contribution in [3.63, 3.8) is 0 Å². The highest BCUT2D eigenvalue weighted by atomic mass is 16.5. The molecule has 7 nitrogen and oxygen atoms in total. The zero-order valence-corrected chi connectivity index (χ0v) is 10.8. The lowest BCUT2D eigenvalue weighted by Crippen LogP contribution is -2.46. The van der Waals surface area contributed by atoms with E-state index in [1.54, 1.807) is 6.20 Å². The summed E-state index contributed by atoms with van der Waals surface area (Å²) in [6.45, 7) is 0. The van der Waals surface area contributed by atoms with Crippen LogP contribution in [0, 0.1) is 0 Å². The molecular formula is C13H15N3O4. The van der Waals surface area contributed by atoms with Gasteiger partial charge in [-0.05, 0) is 11.6 Å². The zero-order valence-electron chi connectivity index (χ0n) is 10.8. The fourth-order valence-corrected chi connectivity index (χ4v) is 2.05. The Balaban J connectivity index is 2.22. The van der Waals surface area contributed by atoms with Crippen molar-refractivity contribution in [2.24, 2.45) is 0 Å². The number of hydrogen-bond donors (Lipinski definition) is 4. The molecule has 0 aliphatic heterocycles. The first kappa shape index (κ1) is 13.9. The lowest BCUT2D eigenvalue weighted by molar-refractivity contribution is -0.142. The Morgan fingerprint density at radius 2 is 2.15 bits per heavy atom. The highest BCUT2D eigenvalue weighted by molar-refractivity contribution is 5.86. The second kappa shape index (κ2) is 6.07. The van der Waals surface area contributed by atoms with Crippen LogP contribution in [-0.2, 0) is 16.0 Å². The third-order valence-electron chi connectivity index (χ3n) is 2.99. The van der Waals surface area contributed by atoms with Crippen molar-refractivity contribution in [1.82, 2.24) is 15.8 Å². The minimum absolute atomic E-state index is 0.254. The molecule has 20 heavy (non-hydrogen) atoms. The quantitative estimate of drug-likeness (QED) is 0.379. The third-order valence-corrected chi connectivity index (χ3v) is 2.99. The first-order chi connectivity index (χ1) is 9.65. The van der Waals surface area contributed by atoms with E-state index in [2.05, 4.69) is 15.0 Å². The number of carbonyl (C=O) groups excluding carboxylic acids is 2. The summed E-state index contributed by atoms with van der Waals surface area (Å²) in [5.41, 5.74) is 3.24. The molecule has 2 aromatic rings. The van der Waals surface area contributed by atoms with E-state index < -0.39 is 18.0 Å². The van der Waals surface area contributed by atoms with Gasteiger partial charge in [0.25, 0.3) is 0 Å². The molecule has 106 valence electrons. The summed E-state index contributed by atoms with van der Waals surface area (Å²) < 4.78 is 4.65. The number of benzene rings is 1. The smallest absolute Gasteiger partial charge is 0.339 e. The van der Waals surface area contributed by atoms with Gasteiger partial charge in [-0.15, -0.1) is 0 Å². The molecule has 1 heterocycles. The summed E-state index contributed by atoms with van der Waals surface area (Å²) in [5, 5.41) is 11.8. The SMILES string of the molecule is COC(=O)[C@H](Cc1c[nH]c2ccccc12)NC(=O)NO. The number of hydrogen-bond acceptors (Lipinski definition) is 4. The Bertz CT molecular complexity index is 623. The van der Waals surface area contributed by atoms with Crippen LogP contribution in [0.1, 0.15) is 5.56 Å². The molecule has 0 bridgehead atoms. The van der Waals surface area contributed by atoms with Gasteiger partial charge >= 0.3 is 12.0 Å². The van der Waals surface area contributed by atoms with Gasteiger partial charge in [-0.25, -0.2) is 15.1 Å². The van der Waals surface area contributed by atoms with Gasteiger partial charge in [0.2, 0.25) is 0 Å². The van der Waals surface area contributed by atoms with E-state index in [-0.39, 0.29) is 6.42 Å². The number of urea groups is 1. The van der Waals surface area contributed by atoms with Gasteiger partial charge in [0.15, 0.2) is 0 Å². The van der Waals surface area contributed by atoms with E-state index in [0.717, 1.165) is 16.5 Å². The molecule has 1 aromatic carbocycles. The van der Waals surface area contributed by atoms with Gasteiger partial charge in [0.1, 0.15) is 6.04 Å². The molecule has 0 aliphatic carbocycles. The molecule has 1 aromatic heterocycles. The Morgan fingerprint density at radius 3 is 2.85 bits per heavy atom. The summed E-state index contributed by atoms with van der Waals surface area (Å²) in [5.74, 6) is -0.584. The summed E-state index contributed by atoms with van der Waals surface area (Å²) >= 11 is 0. The third kappa shape index (κ3) is 2.89. The normalized spacial score (nSPS) is 11.9. The number of esters is 1. The topological polar surface area (TPSA) is 103 Å². The number of methoxy groups -OCH3 is 1. The summed E-state index contributed by atoms with van der Waals surface area (Å²) in [6.07, 6.45) is 2.03. The lowest BCUT2D eigenvalue weighted by Gasteiger charge is -2.15. The molecule has 0 saturated carbocycles. The van der Waals surface area contributed by atoms with Crippen LogP contribution in [-0.4, -0.2) is 35.3 Å². The van der Waals surface area contributed by atoms with E-state index >= 15 is 0 Å². The standard InChI is InChI=1S/C13H15N3O4/c1-20-12(17)11(15-13(18)16-19)6-8-7-14-10-5-3-2-4-9(8)10/h2-5,7,11,14,19H,6H2,1H3,(H2,15,16,18)/t11-/m0/s1. The van der Waals surface area contributed by atoms with Gasteiger partial charge < -0.3 is 15.0 Å². The van der Waals surface area contributed by atoms with Gasteiger partial charge in [-0.2, -0.15) is 0 Å².